The van der Waals surface area contributed by atoms with E-state index in [9.17, 15) is 4.79 Å². The SMILES string of the molecule is COc1ccccc1C(NC(=O)[C@@H]1CC[C@H](CN)O1)c1ccccc1Cl. The molecule has 3 atom stereocenters. The van der Waals surface area contributed by atoms with Crippen molar-refractivity contribution in [2.45, 2.75) is 31.1 Å². The van der Waals surface area contributed by atoms with Crippen molar-refractivity contribution >= 4 is 17.5 Å². The molecule has 26 heavy (non-hydrogen) atoms. The molecular weight excluding hydrogens is 352 g/mol. The van der Waals surface area contributed by atoms with Crippen LogP contribution in [0, 0.1) is 0 Å². The number of amides is 1. The number of carbonyl (C=O) groups is 1. The molecule has 0 radical (unpaired) electrons. The van der Waals surface area contributed by atoms with Crippen LogP contribution in [0.2, 0.25) is 5.02 Å². The molecule has 6 heteroatoms. The molecule has 2 aromatic carbocycles. The molecule has 0 bridgehead atoms. The first-order valence-corrected chi connectivity index (χ1v) is 9.05. The Morgan fingerprint density at radius 3 is 2.58 bits per heavy atom. The average Bonchev–Trinajstić information content (AvgIpc) is 3.16. The summed E-state index contributed by atoms with van der Waals surface area (Å²) in [6.45, 7) is 0.421. The minimum absolute atomic E-state index is 0.0595. The number of nitrogens with one attached hydrogen (secondary N) is 1. The lowest BCUT2D eigenvalue weighted by Gasteiger charge is -2.24. The van der Waals surface area contributed by atoms with Gasteiger partial charge in [-0.2, -0.15) is 0 Å². The average molecular weight is 375 g/mol. The van der Waals surface area contributed by atoms with Crippen LogP contribution in [0.15, 0.2) is 48.5 Å². The van der Waals surface area contributed by atoms with Crippen LogP contribution in [0.25, 0.3) is 0 Å². The van der Waals surface area contributed by atoms with Crippen LogP contribution in [0.5, 0.6) is 5.75 Å². The van der Waals surface area contributed by atoms with Crippen molar-refractivity contribution in [1.82, 2.24) is 5.32 Å². The summed E-state index contributed by atoms with van der Waals surface area (Å²) in [5, 5.41) is 3.66. The third-order valence-corrected chi connectivity index (χ3v) is 4.96. The molecule has 1 aliphatic rings. The highest BCUT2D eigenvalue weighted by Gasteiger charge is 2.32. The van der Waals surface area contributed by atoms with Crippen LogP contribution in [-0.2, 0) is 9.53 Å². The van der Waals surface area contributed by atoms with Crippen LogP contribution < -0.4 is 15.8 Å². The molecule has 3 N–H and O–H groups in total. The van der Waals surface area contributed by atoms with Crippen molar-refractivity contribution in [1.29, 1.82) is 0 Å². The van der Waals surface area contributed by atoms with E-state index in [2.05, 4.69) is 5.32 Å². The fourth-order valence-electron chi connectivity index (χ4n) is 3.24. The Morgan fingerprint density at radius 1 is 1.23 bits per heavy atom. The van der Waals surface area contributed by atoms with Crippen molar-refractivity contribution in [3.05, 3.63) is 64.7 Å². The molecule has 1 aliphatic heterocycles. The smallest absolute Gasteiger partial charge is 0.249 e. The van der Waals surface area contributed by atoms with Crippen LogP contribution in [-0.4, -0.2) is 31.8 Å². The van der Waals surface area contributed by atoms with Gasteiger partial charge in [0.1, 0.15) is 11.9 Å². The van der Waals surface area contributed by atoms with Crippen LogP contribution in [0.3, 0.4) is 0 Å². The second-order valence-electron chi connectivity index (χ2n) is 6.26. The molecule has 1 heterocycles. The molecule has 1 amide bonds. The summed E-state index contributed by atoms with van der Waals surface area (Å²) in [5.41, 5.74) is 7.29. The van der Waals surface area contributed by atoms with E-state index in [1.54, 1.807) is 7.11 Å². The number of para-hydroxylation sites is 1. The molecule has 3 rings (SSSR count). The van der Waals surface area contributed by atoms with E-state index in [-0.39, 0.29) is 12.0 Å². The van der Waals surface area contributed by atoms with Crippen molar-refractivity contribution in [2.24, 2.45) is 5.73 Å². The number of carbonyl (C=O) groups excluding carboxylic acids is 1. The Hall–Kier alpha value is -2.08. The highest BCUT2D eigenvalue weighted by atomic mass is 35.5. The van der Waals surface area contributed by atoms with Gasteiger partial charge in [-0.25, -0.2) is 0 Å². The van der Waals surface area contributed by atoms with E-state index >= 15 is 0 Å². The topological polar surface area (TPSA) is 73.6 Å². The van der Waals surface area contributed by atoms with Gasteiger partial charge in [-0.3, -0.25) is 4.79 Å². The van der Waals surface area contributed by atoms with Gasteiger partial charge < -0.3 is 20.5 Å². The van der Waals surface area contributed by atoms with Gasteiger partial charge in [0.25, 0.3) is 0 Å². The van der Waals surface area contributed by atoms with Crippen molar-refractivity contribution in [3.63, 3.8) is 0 Å². The normalized spacial score (nSPS) is 20.6. The lowest BCUT2D eigenvalue weighted by Crippen LogP contribution is -2.38. The lowest BCUT2D eigenvalue weighted by molar-refractivity contribution is -0.132. The molecule has 0 saturated carbocycles. The molecule has 0 aliphatic carbocycles. The fraction of sp³-hybridized carbons (Fsp3) is 0.350. The van der Waals surface area contributed by atoms with Gasteiger partial charge in [0, 0.05) is 17.1 Å². The number of hydrogen-bond acceptors (Lipinski definition) is 4. The van der Waals surface area contributed by atoms with Gasteiger partial charge in [-0.15, -0.1) is 0 Å². The largest absolute Gasteiger partial charge is 0.496 e. The van der Waals surface area contributed by atoms with E-state index < -0.39 is 12.1 Å². The molecule has 1 unspecified atom stereocenters. The monoisotopic (exact) mass is 374 g/mol. The summed E-state index contributed by atoms with van der Waals surface area (Å²) >= 11 is 6.41. The van der Waals surface area contributed by atoms with E-state index in [0.29, 0.717) is 23.7 Å². The van der Waals surface area contributed by atoms with Gasteiger partial charge in [0.05, 0.1) is 19.3 Å². The van der Waals surface area contributed by atoms with Crippen molar-refractivity contribution in [3.8, 4) is 5.75 Å². The zero-order chi connectivity index (χ0) is 18.5. The van der Waals surface area contributed by atoms with E-state index in [1.165, 1.54) is 0 Å². The van der Waals surface area contributed by atoms with E-state index in [1.807, 2.05) is 48.5 Å². The molecule has 2 aromatic rings. The maximum absolute atomic E-state index is 12.8. The Kier molecular flexibility index (Phi) is 6.14. The molecule has 5 nitrogen and oxygen atoms in total. The maximum Gasteiger partial charge on any atom is 0.249 e. The summed E-state index contributed by atoms with van der Waals surface area (Å²) in [5.74, 6) is 0.515. The maximum atomic E-state index is 12.8. The Labute approximate surface area is 158 Å². The first kappa shape index (κ1) is 18.7. The van der Waals surface area contributed by atoms with E-state index in [0.717, 1.165) is 17.5 Å². The highest BCUT2D eigenvalue weighted by Crippen LogP contribution is 2.34. The summed E-state index contributed by atoms with van der Waals surface area (Å²) in [6, 6.07) is 14.6. The number of rotatable bonds is 6. The summed E-state index contributed by atoms with van der Waals surface area (Å²) < 4.78 is 11.2. The Balaban J connectivity index is 1.91. The lowest BCUT2D eigenvalue weighted by atomic mass is 9.97. The van der Waals surface area contributed by atoms with Gasteiger partial charge in [-0.05, 0) is 30.5 Å². The van der Waals surface area contributed by atoms with Crippen LogP contribution in [0.4, 0.5) is 0 Å². The van der Waals surface area contributed by atoms with Gasteiger partial charge in [-0.1, -0.05) is 48.0 Å². The van der Waals surface area contributed by atoms with Crippen LogP contribution >= 0.6 is 11.6 Å². The van der Waals surface area contributed by atoms with Crippen molar-refractivity contribution in [2.75, 3.05) is 13.7 Å². The van der Waals surface area contributed by atoms with Gasteiger partial charge in [0.15, 0.2) is 0 Å². The minimum Gasteiger partial charge on any atom is -0.496 e. The summed E-state index contributed by atoms with van der Waals surface area (Å²) in [6.07, 6.45) is 0.897. The standard InChI is InChI=1S/C20H23ClN2O3/c1-25-17-9-5-3-7-15(17)19(14-6-2-4-8-16(14)21)23-20(24)18-11-10-13(12-22)26-18/h2-9,13,18-19H,10-12,22H2,1H3,(H,23,24)/t13-,18+,19?/m1/s1. The van der Waals surface area contributed by atoms with Gasteiger partial charge in [0.2, 0.25) is 5.91 Å². The van der Waals surface area contributed by atoms with E-state index in [4.69, 9.17) is 26.8 Å². The van der Waals surface area contributed by atoms with Crippen molar-refractivity contribution < 1.29 is 14.3 Å². The second kappa shape index (κ2) is 8.54. The predicted molar refractivity (Wildman–Crippen MR) is 101 cm³/mol. The summed E-state index contributed by atoms with van der Waals surface area (Å²) in [7, 11) is 1.61. The number of methoxy groups -OCH3 is 1. The number of halogens is 1. The van der Waals surface area contributed by atoms with Crippen LogP contribution in [0.1, 0.15) is 30.0 Å². The molecule has 138 valence electrons. The third-order valence-electron chi connectivity index (χ3n) is 4.62. The minimum atomic E-state index is -0.497. The molecular formula is C20H23ClN2O3. The molecule has 0 spiro atoms. The Bertz CT molecular complexity index is 768. The zero-order valence-electron chi connectivity index (χ0n) is 14.7. The number of nitrogens with two attached hydrogens (primary N) is 1. The first-order valence-electron chi connectivity index (χ1n) is 8.67. The zero-order valence-corrected chi connectivity index (χ0v) is 15.4. The quantitative estimate of drug-likeness (QED) is 0.815. The number of ether oxygens (including phenoxy) is 2. The predicted octanol–water partition coefficient (Wildman–Crippen LogP) is 3.06. The first-order chi connectivity index (χ1) is 12.6. The fourth-order valence-corrected chi connectivity index (χ4v) is 3.49. The molecule has 1 fully saturated rings. The number of benzene rings is 2. The highest BCUT2D eigenvalue weighted by molar-refractivity contribution is 6.31. The third kappa shape index (κ3) is 4.01. The number of hydrogen-bond donors (Lipinski definition) is 2. The summed E-state index contributed by atoms with van der Waals surface area (Å²) in [4.78, 5) is 12.8. The Morgan fingerprint density at radius 2 is 1.92 bits per heavy atom. The van der Waals surface area contributed by atoms with Gasteiger partial charge >= 0.3 is 0 Å². The second-order valence-corrected chi connectivity index (χ2v) is 6.67. The molecule has 0 aromatic heterocycles. The molecule has 1 saturated heterocycles.